The lowest BCUT2D eigenvalue weighted by atomic mass is 10.1. The summed E-state index contributed by atoms with van der Waals surface area (Å²) >= 11 is 0. The van der Waals surface area contributed by atoms with Gasteiger partial charge in [-0.15, -0.1) is 0 Å². The van der Waals surface area contributed by atoms with Gasteiger partial charge in [0.15, 0.2) is 0 Å². The molecular formula is C10H21NO. The zero-order valence-electron chi connectivity index (χ0n) is 8.31. The SMILES string of the molecule is CC(C)OCC1CCCCCN1. The number of rotatable bonds is 3. The molecule has 0 saturated carbocycles. The van der Waals surface area contributed by atoms with Gasteiger partial charge < -0.3 is 10.1 Å². The van der Waals surface area contributed by atoms with Crippen molar-refractivity contribution in [2.45, 2.75) is 51.7 Å². The third kappa shape index (κ3) is 4.07. The first-order valence-corrected chi connectivity index (χ1v) is 5.14. The quantitative estimate of drug-likeness (QED) is 0.700. The topological polar surface area (TPSA) is 21.3 Å². The third-order valence-corrected chi connectivity index (χ3v) is 2.29. The van der Waals surface area contributed by atoms with E-state index in [0.717, 1.165) is 6.61 Å². The second-order valence-electron chi connectivity index (χ2n) is 3.88. The van der Waals surface area contributed by atoms with E-state index in [0.29, 0.717) is 12.1 Å². The largest absolute Gasteiger partial charge is 0.377 e. The van der Waals surface area contributed by atoms with Crippen molar-refractivity contribution in [3.63, 3.8) is 0 Å². The number of ether oxygens (including phenoxy) is 1. The molecule has 1 aliphatic rings. The second kappa shape index (κ2) is 5.55. The van der Waals surface area contributed by atoms with Gasteiger partial charge in [-0.25, -0.2) is 0 Å². The first kappa shape index (κ1) is 10.0. The molecule has 2 heteroatoms. The van der Waals surface area contributed by atoms with Gasteiger partial charge in [0.2, 0.25) is 0 Å². The Hall–Kier alpha value is -0.0800. The molecule has 1 rings (SSSR count). The molecule has 0 aromatic carbocycles. The molecule has 1 saturated heterocycles. The van der Waals surface area contributed by atoms with E-state index in [1.54, 1.807) is 0 Å². The van der Waals surface area contributed by atoms with Gasteiger partial charge in [0.05, 0.1) is 12.7 Å². The van der Waals surface area contributed by atoms with Gasteiger partial charge >= 0.3 is 0 Å². The normalized spacial score (nSPS) is 25.8. The minimum atomic E-state index is 0.370. The molecule has 12 heavy (non-hydrogen) atoms. The standard InChI is InChI=1S/C10H21NO/c1-9(2)12-8-10-6-4-3-5-7-11-10/h9-11H,3-8H2,1-2H3. The fraction of sp³-hybridized carbons (Fsp3) is 1.00. The zero-order valence-corrected chi connectivity index (χ0v) is 8.31. The van der Waals surface area contributed by atoms with Crippen LogP contribution in [0.4, 0.5) is 0 Å². The van der Waals surface area contributed by atoms with E-state index in [9.17, 15) is 0 Å². The monoisotopic (exact) mass is 171 g/mol. The summed E-state index contributed by atoms with van der Waals surface area (Å²) < 4.78 is 5.57. The van der Waals surface area contributed by atoms with Gasteiger partial charge in [-0.05, 0) is 33.2 Å². The Morgan fingerprint density at radius 3 is 2.92 bits per heavy atom. The molecule has 1 N–H and O–H groups in total. The van der Waals surface area contributed by atoms with Crippen molar-refractivity contribution in [2.24, 2.45) is 0 Å². The molecule has 0 amide bonds. The summed E-state index contributed by atoms with van der Waals surface area (Å²) in [6.45, 7) is 6.25. The molecule has 2 nitrogen and oxygen atoms in total. The summed E-state index contributed by atoms with van der Waals surface area (Å²) in [7, 11) is 0. The van der Waals surface area contributed by atoms with Crippen LogP contribution in [0.2, 0.25) is 0 Å². The average molecular weight is 171 g/mol. The van der Waals surface area contributed by atoms with Gasteiger partial charge in [0.1, 0.15) is 0 Å². The van der Waals surface area contributed by atoms with Crippen LogP contribution in [-0.2, 0) is 4.74 Å². The Morgan fingerprint density at radius 2 is 2.17 bits per heavy atom. The minimum absolute atomic E-state index is 0.370. The Kier molecular flexibility index (Phi) is 4.62. The molecule has 1 aliphatic heterocycles. The van der Waals surface area contributed by atoms with Gasteiger partial charge in [-0.3, -0.25) is 0 Å². The predicted molar refractivity (Wildman–Crippen MR) is 51.3 cm³/mol. The number of hydrogen-bond acceptors (Lipinski definition) is 2. The molecule has 72 valence electrons. The fourth-order valence-electron chi connectivity index (χ4n) is 1.55. The Labute approximate surface area is 75.7 Å². The first-order valence-electron chi connectivity index (χ1n) is 5.14. The summed E-state index contributed by atoms with van der Waals surface area (Å²) in [6.07, 6.45) is 5.73. The first-order chi connectivity index (χ1) is 5.79. The molecule has 0 radical (unpaired) electrons. The lowest BCUT2D eigenvalue weighted by molar-refractivity contribution is 0.0605. The maximum Gasteiger partial charge on any atom is 0.0623 e. The van der Waals surface area contributed by atoms with Crippen LogP contribution in [0.25, 0.3) is 0 Å². The fourth-order valence-corrected chi connectivity index (χ4v) is 1.55. The van der Waals surface area contributed by atoms with E-state index in [2.05, 4.69) is 19.2 Å². The number of hydrogen-bond donors (Lipinski definition) is 1. The van der Waals surface area contributed by atoms with Crippen molar-refractivity contribution in [2.75, 3.05) is 13.2 Å². The van der Waals surface area contributed by atoms with Crippen molar-refractivity contribution >= 4 is 0 Å². The molecule has 1 atom stereocenters. The molecule has 0 aliphatic carbocycles. The molecule has 1 unspecified atom stereocenters. The highest BCUT2D eigenvalue weighted by Gasteiger charge is 2.11. The van der Waals surface area contributed by atoms with Crippen LogP contribution in [0.15, 0.2) is 0 Å². The summed E-state index contributed by atoms with van der Waals surface area (Å²) in [5.74, 6) is 0. The Bertz CT molecular complexity index is 106. The summed E-state index contributed by atoms with van der Waals surface area (Å²) in [5, 5.41) is 3.51. The highest BCUT2D eigenvalue weighted by atomic mass is 16.5. The van der Waals surface area contributed by atoms with Gasteiger partial charge in [-0.2, -0.15) is 0 Å². The summed E-state index contributed by atoms with van der Waals surface area (Å²) in [5.41, 5.74) is 0. The number of nitrogens with one attached hydrogen (secondary N) is 1. The molecule has 1 heterocycles. The Morgan fingerprint density at radius 1 is 1.33 bits per heavy atom. The molecule has 0 spiro atoms. The molecule has 0 bridgehead atoms. The van der Waals surface area contributed by atoms with Gasteiger partial charge in [0, 0.05) is 6.04 Å². The highest BCUT2D eigenvalue weighted by molar-refractivity contribution is 4.70. The summed E-state index contributed by atoms with van der Waals surface area (Å²) in [6, 6.07) is 0.606. The smallest absolute Gasteiger partial charge is 0.0623 e. The van der Waals surface area contributed by atoms with Crippen molar-refractivity contribution < 1.29 is 4.74 Å². The molecule has 1 fully saturated rings. The van der Waals surface area contributed by atoms with E-state index >= 15 is 0 Å². The van der Waals surface area contributed by atoms with Crippen LogP contribution in [0.3, 0.4) is 0 Å². The maximum absolute atomic E-state index is 5.57. The van der Waals surface area contributed by atoms with Crippen LogP contribution in [0, 0.1) is 0 Å². The minimum Gasteiger partial charge on any atom is -0.377 e. The van der Waals surface area contributed by atoms with Gasteiger partial charge in [0.25, 0.3) is 0 Å². The van der Waals surface area contributed by atoms with E-state index in [1.807, 2.05) is 0 Å². The van der Waals surface area contributed by atoms with E-state index in [4.69, 9.17) is 4.74 Å². The molecule has 0 aromatic heterocycles. The van der Waals surface area contributed by atoms with Crippen molar-refractivity contribution in [3.8, 4) is 0 Å². The lowest BCUT2D eigenvalue weighted by Crippen LogP contribution is -2.33. The van der Waals surface area contributed by atoms with Crippen LogP contribution >= 0.6 is 0 Å². The van der Waals surface area contributed by atoms with E-state index in [1.165, 1.54) is 32.2 Å². The Balaban J connectivity index is 2.12. The third-order valence-electron chi connectivity index (χ3n) is 2.29. The van der Waals surface area contributed by atoms with Gasteiger partial charge in [-0.1, -0.05) is 12.8 Å². The molecule has 0 aromatic rings. The maximum atomic E-state index is 5.57. The average Bonchev–Trinajstić information content (AvgIpc) is 2.28. The van der Waals surface area contributed by atoms with Crippen molar-refractivity contribution in [3.05, 3.63) is 0 Å². The molecular weight excluding hydrogens is 150 g/mol. The summed E-state index contributed by atoms with van der Waals surface area (Å²) in [4.78, 5) is 0. The van der Waals surface area contributed by atoms with Crippen LogP contribution in [0.5, 0.6) is 0 Å². The zero-order chi connectivity index (χ0) is 8.81. The van der Waals surface area contributed by atoms with Crippen LogP contribution in [-0.4, -0.2) is 25.3 Å². The van der Waals surface area contributed by atoms with E-state index in [-0.39, 0.29) is 0 Å². The van der Waals surface area contributed by atoms with Crippen LogP contribution < -0.4 is 5.32 Å². The second-order valence-corrected chi connectivity index (χ2v) is 3.88. The lowest BCUT2D eigenvalue weighted by Gasteiger charge is -2.17. The van der Waals surface area contributed by atoms with Crippen LogP contribution in [0.1, 0.15) is 39.5 Å². The van der Waals surface area contributed by atoms with Crippen molar-refractivity contribution in [1.82, 2.24) is 5.32 Å². The van der Waals surface area contributed by atoms with E-state index < -0.39 is 0 Å². The van der Waals surface area contributed by atoms with Crippen molar-refractivity contribution in [1.29, 1.82) is 0 Å². The highest BCUT2D eigenvalue weighted by Crippen LogP contribution is 2.08. The predicted octanol–water partition coefficient (Wildman–Crippen LogP) is 1.94.